The van der Waals surface area contributed by atoms with Gasteiger partial charge < -0.3 is 25.0 Å². The molecule has 0 aromatic heterocycles. The fourth-order valence-electron chi connectivity index (χ4n) is 1.83. The standard InChI is InChI=1S/C16H21NO7/c1-9(18)23-11-7-5-10(6-8-11)12(13(19)14(20)21)17-15(22)24-16(2,3)4/h5-8,12-13,19H,1-4H3,(H,17,22)(H,20,21)/t12-,13?/m0/s1. The van der Waals surface area contributed by atoms with Crippen molar-refractivity contribution in [3.8, 4) is 5.75 Å². The third kappa shape index (κ3) is 6.25. The van der Waals surface area contributed by atoms with Crippen LogP contribution < -0.4 is 10.1 Å². The van der Waals surface area contributed by atoms with E-state index < -0.39 is 35.8 Å². The molecule has 132 valence electrons. The maximum atomic E-state index is 11.9. The highest BCUT2D eigenvalue weighted by atomic mass is 16.6. The van der Waals surface area contributed by atoms with E-state index >= 15 is 0 Å². The number of rotatable bonds is 5. The molecule has 0 radical (unpaired) electrons. The molecule has 0 spiro atoms. The summed E-state index contributed by atoms with van der Waals surface area (Å²) in [5.41, 5.74) is -0.464. The van der Waals surface area contributed by atoms with Gasteiger partial charge in [-0.2, -0.15) is 0 Å². The van der Waals surface area contributed by atoms with Gasteiger partial charge in [-0.25, -0.2) is 9.59 Å². The topological polar surface area (TPSA) is 122 Å². The highest BCUT2D eigenvalue weighted by Gasteiger charge is 2.30. The van der Waals surface area contributed by atoms with Crippen molar-refractivity contribution in [3.63, 3.8) is 0 Å². The number of hydrogen-bond donors (Lipinski definition) is 3. The van der Waals surface area contributed by atoms with Crippen molar-refractivity contribution in [1.29, 1.82) is 0 Å². The molecule has 2 atom stereocenters. The van der Waals surface area contributed by atoms with E-state index in [4.69, 9.17) is 14.6 Å². The Morgan fingerprint density at radius 1 is 1.12 bits per heavy atom. The van der Waals surface area contributed by atoms with E-state index in [0.29, 0.717) is 5.56 Å². The number of nitrogens with one attached hydrogen (secondary N) is 1. The molecule has 0 heterocycles. The predicted molar refractivity (Wildman–Crippen MR) is 83.5 cm³/mol. The van der Waals surface area contributed by atoms with Gasteiger partial charge in [-0.05, 0) is 38.5 Å². The predicted octanol–water partition coefficient (Wildman–Crippen LogP) is 1.62. The van der Waals surface area contributed by atoms with E-state index in [1.54, 1.807) is 20.8 Å². The average Bonchev–Trinajstić information content (AvgIpc) is 2.42. The number of benzene rings is 1. The number of aliphatic hydroxyl groups is 1. The molecule has 3 N–H and O–H groups in total. The summed E-state index contributed by atoms with van der Waals surface area (Å²) in [6, 6.07) is 4.49. The van der Waals surface area contributed by atoms with Crippen LogP contribution in [0.15, 0.2) is 24.3 Å². The van der Waals surface area contributed by atoms with Crippen molar-refractivity contribution in [2.45, 2.75) is 45.4 Å². The van der Waals surface area contributed by atoms with Crippen LogP contribution in [0, 0.1) is 0 Å². The van der Waals surface area contributed by atoms with Crippen LogP contribution >= 0.6 is 0 Å². The van der Waals surface area contributed by atoms with E-state index in [9.17, 15) is 19.5 Å². The van der Waals surface area contributed by atoms with Gasteiger partial charge in [0.05, 0.1) is 6.04 Å². The fourth-order valence-corrected chi connectivity index (χ4v) is 1.83. The molecule has 1 unspecified atom stereocenters. The summed E-state index contributed by atoms with van der Waals surface area (Å²) < 4.78 is 9.95. The number of aliphatic hydroxyl groups excluding tert-OH is 1. The summed E-state index contributed by atoms with van der Waals surface area (Å²) in [4.78, 5) is 33.9. The maximum Gasteiger partial charge on any atom is 0.408 e. The molecule has 0 saturated carbocycles. The lowest BCUT2D eigenvalue weighted by Crippen LogP contribution is -2.42. The summed E-state index contributed by atoms with van der Waals surface area (Å²) in [6.07, 6.45) is -2.74. The van der Waals surface area contributed by atoms with E-state index in [2.05, 4.69) is 5.32 Å². The Bertz CT molecular complexity index is 604. The van der Waals surface area contributed by atoms with Gasteiger partial charge >= 0.3 is 18.0 Å². The van der Waals surface area contributed by atoms with Gasteiger partial charge in [-0.1, -0.05) is 12.1 Å². The Morgan fingerprint density at radius 3 is 2.08 bits per heavy atom. The van der Waals surface area contributed by atoms with Crippen LogP contribution in [0.4, 0.5) is 4.79 Å². The molecule has 0 aliphatic carbocycles. The Kier molecular flexibility index (Phi) is 6.30. The minimum Gasteiger partial charge on any atom is -0.479 e. The number of carbonyl (C=O) groups is 3. The van der Waals surface area contributed by atoms with Crippen LogP contribution in [-0.2, 0) is 14.3 Å². The maximum absolute atomic E-state index is 11.9. The summed E-state index contributed by atoms with van der Waals surface area (Å²) >= 11 is 0. The summed E-state index contributed by atoms with van der Waals surface area (Å²) in [5.74, 6) is -1.75. The smallest absolute Gasteiger partial charge is 0.408 e. The van der Waals surface area contributed by atoms with Gasteiger partial charge in [0.25, 0.3) is 0 Å². The Balaban J connectivity index is 2.99. The summed E-state index contributed by atoms with van der Waals surface area (Å²) in [6.45, 7) is 6.21. The number of carboxylic acids is 1. The van der Waals surface area contributed by atoms with Gasteiger partial charge in [0.15, 0.2) is 6.10 Å². The molecule has 1 rings (SSSR count). The summed E-state index contributed by atoms with van der Waals surface area (Å²) in [7, 11) is 0. The number of ether oxygens (including phenoxy) is 2. The molecule has 8 heteroatoms. The molecule has 0 aliphatic rings. The monoisotopic (exact) mass is 339 g/mol. The van der Waals surface area contributed by atoms with Crippen LogP contribution in [-0.4, -0.2) is 39.9 Å². The van der Waals surface area contributed by atoms with Crippen LogP contribution in [0.5, 0.6) is 5.75 Å². The van der Waals surface area contributed by atoms with Crippen LogP contribution in [0.25, 0.3) is 0 Å². The van der Waals surface area contributed by atoms with Gasteiger partial charge in [0, 0.05) is 6.92 Å². The first-order valence-electron chi connectivity index (χ1n) is 7.18. The number of aliphatic carboxylic acids is 1. The minimum atomic E-state index is -1.88. The molecular formula is C16H21NO7. The zero-order valence-corrected chi connectivity index (χ0v) is 13.9. The number of carboxylic acid groups (broad SMARTS) is 1. The van der Waals surface area contributed by atoms with E-state index in [0.717, 1.165) is 0 Å². The number of carbonyl (C=O) groups excluding carboxylic acids is 2. The van der Waals surface area contributed by atoms with Crippen molar-refractivity contribution < 1.29 is 34.1 Å². The van der Waals surface area contributed by atoms with Gasteiger partial charge in [-0.3, -0.25) is 4.79 Å². The zero-order chi connectivity index (χ0) is 18.5. The van der Waals surface area contributed by atoms with Crippen molar-refractivity contribution in [2.75, 3.05) is 0 Å². The highest BCUT2D eigenvalue weighted by molar-refractivity contribution is 5.76. The summed E-state index contributed by atoms with van der Waals surface area (Å²) in [5, 5.41) is 21.2. The van der Waals surface area contributed by atoms with Crippen molar-refractivity contribution in [1.82, 2.24) is 5.32 Å². The highest BCUT2D eigenvalue weighted by Crippen LogP contribution is 2.22. The second kappa shape index (κ2) is 7.78. The Labute approximate surface area is 139 Å². The first kappa shape index (κ1) is 19.4. The molecule has 0 saturated heterocycles. The normalized spacial score (nSPS) is 13.5. The zero-order valence-electron chi connectivity index (χ0n) is 13.9. The third-order valence-electron chi connectivity index (χ3n) is 2.74. The van der Waals surface area contributed by atoms with E-state index in [1.165, 1.54) is 31.2 Å². The van der Waals surface area contributed by atoms with Crippen molar-refractivity contribution in [2.24, 2.45) is 0 Å². The third-order valence-corrected chi connectivity index (χ3v) is 2.74. The van der Waals surface area contributed by atoms with E-state index in [1.807, 2.05) is 0 Å². The second-order valence-electron chi connectivity index (χ2n) is 6.07. The molecule has 0 aliphatic heterocycles. The average molecular weight is 339 g/mol. The molecule has 8 nitrogen and oxygen atoms in total. The first-order valence-corrected chi connectivity index (χ1v) is 7.18. The number of esters is 1. The molecule has 0 bridgehead atoms. The van der Waals surface area contributed by atoms with Crippen molar-refractivity contribution in [3.05, 3.63) is 29.8 Å². The molecule has 1 amide bonds. The van der Waals surface area contributed by atoms with Gasteiger partial charge in [-0.15, -0.1) is 0 Å². The molecule has 0 fully saturated rings. The fraction of sp³-hybridized carbons (Fsp3) is 0.438. The number of amides is 1. The van der Waals surface area contributed by atoms with E-state index in [-0.39, 0.29) is 5.75 Å². The largest absolute Gasteiger partial charge is 0.479 e. The quantitative estimate of drug-likeness (QED) is 0.550. The Hall–Kier alpha value is -2.61. The first-order chi connectivity index (χ1) is 11.0. The lowest BCUT2D eigenvalue weighted by molar-refractivity contribution is -0.148. The van der Waals surface area contributed by atoms with Crippen LogP contribution in [0.1, 0.15) is 39.3 Å². The van der Waals surface area contributed by atoms with Crippen LogP contribution in [0.3, 0.4) is 0 Å². The second-order valence-corrected chi connectivity index (χ2v) is 6.07. The van der Waals surface area contributed by atoms with Crippen molar-refractivity contribution >= 4 is 18.0 Å². The molecule has 1 aromatic rings. The molecule has 24 heavy (non-hydrogen) atoms. The SMILES string of the molecule is CC(=O)Oc1ccc([C@H](NC(=O)OC(C)(C)C)C(O)C(=O)O)cc1. The van der Waals surface area contributed by atoms with Crippen LogP contribution in [0.2, 0.25) is 0 Å². The number of hydrogen-bond acceptors (Lipinski definition) is 6. The number of alkyl carbamates (subject to hydrolysis) is 1. The van der Waals surface area contributed by atoms with Gasteiger partial charge in [0.2, 0.25) is 0 Å². The Morgan fingerprint density at radius 2 is 1.67 bits per heavy atom. The van der Waals surface area contributed by atoms with Gasteiger partial charge in [0.1, 0.15) is 11.4 Å². The molecule has 1 aromatic carbocycles. The minimum absolute atomic E-state index is 0.257. The molecular weight excluding hydrogens is 318 g/mol. The lowest BCUT2D eigenvalue weighted by atomic mass is 10.0. The lowest BCUT2D eigenvalue weighted by Gasteiger charge is -2.25.